The molecule has 0 aliphatic heterocycles. The Balaban J connectivity index is 1.91. The van der Waals surface area contributed by atoms with Gasteiger partial charge in [0, 0.05) is 27.6 Å². The molecule has 2 aromatic carbocycles. The number of carbonyl (C=O) groups is 2. The third-order valence-corrected chi connectivity index (χ3v) is 5.44. The van der Waals surface area contributed by atoms with E-state index in [1.165, 1.54) is 12.1 Å². The van der Waals surface area contributed by atoms with Crippen LogP contribution in [-0.2, 0) is 17.6 Å². The maximum atomic E-state index is 13.9. The van der Waals surface area contributed by atoms with Crippen molar-refractivity contribution >= 4 is 34.2 Å². The minimum Gasteiger partial charge on any atom is -0.300 e. The molecule has 5 heteroatoms. The van der Waals surface area contributed by atoms with E-state index in [4.69, 9.17) is 11.6 Å². The molecule has 132 valence electrons. The van der Waals surface area contributed by atoms with Crippen molar-refractivity contribution in [3.05, 3.63) is 70.1 Å². The summed E-state index contributed by atoms with van der Waals surface area (Å²) in [6.45, 7) is 1.59. The van der Waals surface area contributed by atoms with Gasteiger partial charge in [0.1, 0.15) is 11.6 Å². The van der Waals surface area contributed by atoms with Crippen molar-refractivity contribution in [3.63, 3.8) is 0 Å². The largest absolute Gasteiger partial charge is 0.300 e. The van der Waals surface area contributed by atoms with Gasteiger partial charge in [0.05, 0.1) is 5.52 Å². The van der Waals surface area contributed by atoms with Crippen LogP contribution in [-0.4, -0.2) is 16.3 Å². The molecule has 4 rings (SSSR count). The van der Waals surface area contributed by atoms with E-state index in [1.54, 1.807) is 41.8 Å². The number of benzene rings is 2. The molecule has 26 heavy (non-hydrogen) atoms. The van der Waals surface area contributed by atoms with E-state index in [9.17, 15) is 14.0 Å². The fourth-order valence-corrected chi connectivity index (χ4v) is 3.96. The molecule has 1 aliphatic rings. The molecule has 1 aliphatic carbocycles. The van der Waals surface area contributed by atoms with Gasteiger partial charge < -0.3 is 0 Å². The summed E-state index contributed by atoms with van der Waals surface area (Å²) < 4.78 is 15.5. The zero-order valence-corrected chi connectivity index (χ0v) is 15.0. The van der Waals surface area contributed by atoms with E-state index in [0.717, 1.165) is 11.3 Å². The molecule has 3 aromatic rings. The number of rotatable bonds is 2. The monoisotopic (exact) mass is 369 g/mol. The number of nitrogens with zero attached hydrogens (tertiary/aromatic N) is 1. The van der Waals surface area contributed by atoms with E-state index in [1.807, 2.05) is 0 Å². The highest BCUT2D eigenvalue weighted by Gasteiger charge is 2.30. The molecule has 1 aromatic heterocycles. The maximum absolute atomic E-state index is 13.9. The van der Waals surface area contributed by atoms with Gasteiger partial charge in [-0.05, 0) is 74.2 Å². The summed E-state index contributed by atoms with van der Waals surface area (Å²) in [6.07, 6.45) is 1.87. The van der Waals surface area contributed by atoms with Crippen LogP contribution in [0.4, 0.5) is 4.39 Å². The standard InChI is InChI=1S/C21H17ClFNO2/c1-12(25)14-4-8-19-17(10-14)18-11-16(23)7-9-20(18)24(19)21(26)13-2-5-15(22)6-3-13/h2-3,5-7,9,11,14H,4,8,10H2,1H3. The Kier molecular flexibility index (Phi) is 4.16. The molecule has 0 amide bonds. The van der Waals surface area contributed by atoms with E-state index in [0.29, 0.717) is 40.8 Å². The van der Waals surface area contributed by atoms with Crippen molar-refractivity contribution in [2.75, 3.05) is 0 Å². The van der Waals surface area contributed by atoms with Crippen LogP contribution in [0.5, 0.6) is 0 Å². The van der Waals surface area contributed by atoms with Gasteiger partial charge in [-0.25, -0.2) is 4.39 Å². The number of hydrogen-bond donors (Lipinski definition) is 0. The molecule has 1 atom stereocenters. The first kappa shape index (κ1) is 17.0. The lowest BCUT2D eigenvalue weighted by Crippen LogP contribution is -2.23. The van der Waals surface area contributed by atoms with Gasteiger partial charge in [0.15, 0.2) is 0 Å². The molecule has 1 heterocycles. The first-order chi connectivity index (χ1) is 12.5. The lowest BCUT2D eigenvalue weighted by molar-refractivity contribution is -0.121. The molecule has 1 unspecified atom stereocenters. The predicted molar refractivity (Wildman–Crippen MR) is 99.3 cm³/mol. The SMILES string of the molecule is CC(=O)C1CCc2c(c3cc(F)ccc3n2C(=O)c2ccc(Cl)cc2)C1. The highest BCUT2D eigenvalue weighted by molar-refractivity contribution is 6.30. The topological polar surface area (TPSA) is 39.1 Å². The quantitative estimate of drug-likeness (QED) is 0.649. The summed E-state index contributed by atoms with van der Waals surface area (Å²) >= 11 is 5.92. The van der Waals surface area contributed by atoms with Crippen LogP contribution in [0.25, 0.3) is 10.9 Å². The zero-order chi connectivity index (χ0) is 18.4. The molecule has 0 saturated carbocycles. The second-order valence-corrected chi connectivity index (χ2v) is 7.22. The molecule has 3 nitrogen and oxygen atoms in total. The van der Waals surface area contributed by atoms with Gasteiger partial charge >= 0.3 is 0 Å². The lowest BCUT2D eigenvalue weighted by Gasteiger charge is -2.21. The molecule has 0 saturated heterocycles. The van der Waals surface area contributed by atoms with Gasteiger partial charge in [-0.3, -0.25) is 14.2 Å². The number of Topliss-reactive ketones (excluding diaryl/α,β-unsaturated/α-hetero) is 1. The van der Waals surface area contributed by atoms with Crippen LogP contribution >= 0.6 is 11.6 Å². The van der Waals surface area contributed by atoms with E-state index < -0.39 is 0 Å². The summed E-state index contributed by atoms with van der Waals surface area (Å²) in [6, 6.07) is 11.2. The third-order valence-electron chi connectivity index (χ3n) is 5.19. The van der Waals surface area contributed by atoms with Gasteiger partial charge in [0.2, 0.25) is 0 Å². The van der Waals surface area contributed by atoms with Crippen LogP contribution in [0.3, 0.4) is 0 Å². The molecule has 0 radical (unpaired) electrons. The number of aromatic nitrogens is 1. The second-order valence-electron chi connectivity index (χ2n) is 6.78. The number of hydrogen-bond acceptors (Lipinski definition) is 2. The zero-order valence-electron chi connectivity index (χ0n) is 14.3. The van der Waals surface area contributed by atoms with Crippen LogP contribution in [0, 0.1) is 11.7 Å². The Morgan fingerprint density at radius 2 is 1.88 bits per heavy atom. The van der Waals surface area contributed by atoms with Crippen LogP contribution in [0.1, 0.15) is 35.0 Å². The van der Waals surface area contributed by atoms with Crippen molar-refractivity contribution < 1.29 is 14.0 Å². The third kappa shape index (κ3) is 2.74. The van der Waals surface area contributed by atoms with Crippen molar-refractivity contribution in [2.24, 2.45) is 5.92 Å². The fraction of sp³-hybridized carbons (Fsp3) is 0.238. The van der Waals surface area contributed by atoms with Crippen LogP contribution in [0.15, 0.2) is 42.5 Å². The van der Waals surface area contributed by atoms with E-state index in [-0.39, 0.29) is 23.4 Å². The van der Waals surface area contributed by atoms with Crippen molar-refractivity contribution in [2.45, 2.75) is 26.2 Å². The number of fused-ring (bicyclic) bond motifs is 3. The highest BCUT2D eigenvalue weighted by Crippen LogP contribution is 2.35. The Morgan fingerprint density at radius 3 is 2.58 bits per heavy atom. The lowest BCUT2D eigenvalue weighted by atomic mass is 9.84. The molecule has 0 N–H and O–H groups in total. The number of carbonyl (C=O) groups excluding carboxylic acids is 2. The predicted octanol–water partition coefficient (Wildman–Crippen LogP) is 4.82. The molecular formula is C21H17ClFNO2. The Labute approximate surface area is 155 Å². The second kappa shape index (κ2) is 6.36. The first-order valence-corrected chi connectivity index (χ1v) is 8.96. The Hall–Kier alpha value is -2.46. The first-order valence-electron chi connectivity index (χ1n) is 8.58. The van der Waals surface area contributed by atoms with E-state index >= 15 is 0 Å². The molecular weight excluding hydrogens is 353 g/mol. The van der Waals surface area contributed by atoms with E-state index in [2.05, 4.69) is 0 Å². The minimum atomic E-state index is -0.346. The Morgan fingerprint density at radius 1 is 1.15 bits per heavy atom. The fourth-order valence-electron chi connectivity index (χ4n) is 3.83. The summed E-state index contributed by atoms with van der Waals surface area (Å²) in [5, 5.41) is 1.28. The maximum Gasteiger partial charge on any atom is 0.262 e. The summed E-state index contributed by atoms with van der Waals surface area (Å²) in [7, 11) is 0. The minimum absolute atomic E-state index is 0.0737. The molecule has 0 fully saturated rings. The molecule has 0 spiro atoms. The normalized spacial score (nSPS) is 16.5. The van der Waals surface area contributed by atoms with Gasteiger partial charge in [0.25, 0.3) is 5.91 Å². The van der Waals surface area contributed by atoms with Crippen LogP contribution < -0.4 is 0 Å². The average Bonchev–Trinajstić information content (AvgIpc) is 2.94. The average molecular weight is 370 g/mol. The summed E-state index contributed by atoms with van der Waals surface area (Å²) in [5.41, 5.74) is 2.99. The van der Waals surface area contributed by atoms with Gasteiger partial charge in [-0.2, -0.15) is 0 Å². The molecule has 0 bridgehead atoms. The smallest absolute Gasteiger partial charge is 0.262 e. The highest BCUT2D eigenvalue weighted by atomic mass is 35.5. The van der Waals surface area contributed by atoms with Crippen molar-refractivity contribution in [3.8, 4) is 0 Å². The Bertz CT molecular complexity index is 1040. The van der Waals surface area contributed by atoms with Crippen molar-refractivity contribution in [1.29, 1.82) is 0 Å². The van der Waals surface area contributed by atoms with Gasteiger partial charge in [-0.15, -0.1) is 0 Å². The van der Waals surface area contributed by atoms with Crippen LogP contribution in [0.2, 0.25) is 5.02 Å². The van der Waals surface area contributed by atoms with Gasteiger partial charge in [-0.1, -0.05) is 11.6 Å². The summed E-state index contributed by atoms with van der Waals surface area (Å²) in [4.78, 5) is 25.0. The number of ketones is 1. The summed E-state index contributed by atoms with van der Waals surface area (Å²) in [5.74, 6) is -0.449. The van der Waals surface area contributed by atoms with Crippen molar-refractivity contribution in [1.82, 2.24) is 4.57 Å². The number of halogens is 2.